The molecule has 1 atom stereocenters. The van der Waals surface area contributed by atoms with Crippen molar-refractivity contribution in [3.05, 3.63) is 34.4 Å². The summed E-state index contributed by atoms with van der Waals surface area (Å²) in [7, 11) is 1.59. The zero-order valence-electron chi connectivity index (χ0n) is 11.5. The molecule has 4 heteroatoms. The van der Waals surface area contributed by atoms with Crippen LogP contribution >= 0.6 is 0 Å². The zero-order chi connectivity index (χ0) is 13.7. The van der Waals surface area contributed by atoms with E-state index in [0.29, 0.717) is 13.2 Å². The van der Waals surface area contributed by atoms with E-state index in [9.17, 15) is 4.79 Å². The Hall–Kier alpha value is -1.39. The summed E-state index contributed by atoms with van der Waals surface area (Å²) in [6, 6.07) is 3.87. The molecule has 100 valence electrons. The van der Waals surface area contributed by atoms with Gasteiger partial charge < -0.3 is 15.8 Å². The summed E-state index contributed by atoms with van der Waals surface area (Å²) in [6.45, 7) is 6.70. The molecule has 1 aromatic carbocycles. The van der Waals surface area contributed by atoms with Gasteiger partial charge >= 0.3 is 0 Å². The van der Waals surface area contributed by atoms with Gasteiger partial charge in [-0.2, -0.15) is 0 Å². The van der Waals surface area contributed by atoms with Crippen molar-refractivity contribution >= 4 is 5.91 Å². The minimum atomic E-state index is -0.150. The van der Waals surface area contributed by atoms with Crippen LogP contribution in [0.2, 0.25) is 0 Å². The molecule has 4 nitrogen and oxygen atoms in total. The zero-order valence-corrected chi connectivity index (χ0v) is 11.5. The lowest BCUT2D eigenvalue weighted by Crippen LogP contribution is -2.43. The second-order valence-electron chi connectivity index (χ2n) is 4.64. The molecule has 1 amide bonds. The van der Waals surface area contributed by atoms with Gasteiger partial charge in [-0.1, -0.05) is 17.7 Å². The summed E-state index contributed by atoms with van der Waals surface area (Å²) in [5.74, 6) is -0.0856. The van der Waals surface area contributed by atoms with Gasteiger partial charge in [0.1, 0.15) is 0 Å². The number of carbonyl (C=O) groups is 1. The number of ether oxygens (including phenoxy) is 1. The molecule has 0 aliphatic carbocycles. The normalized spacial score (nSPS) is 12.3. The van der Waals surface area contributed by atoms with Crippen molar-refractivity contribution in [1.82, 2.24) is 5.32 Å². The van der Waals surface area contributed by atoms with Crippen LogP contribution in [-0.4, -0.2) is 32.2 Å². The molecule has 3 N–H and O–H groups in total. The maximum atomic E-state index is 12.2. The van der Waals surface area contributed by atoms with Gasteiger partial charge in [0.2, 0.25) is 0 Å². The third kappa shape index (κ3) is 3.55. The molecule has 0 aliphatic rings. The molecule has 18 heavy (non-hydrogen) atoms. The summed E-state index contributed by atoms with van der Waals surface area (Å²) in [5.41, 5.74) is 9.45. The lowest BCUT2D eigenvalue weighted by molar-refractivity contribution is 0.0899. The number of aryl methyl sites for hydroxylation is 3. The van der Waals surface area contributed by atoms with Crippen molar-refractivity contribution in [3.8, 4) is 0 Å². The van der Waals surface area contributed by atoms with E-state index in [1.807, 2.05) is 32.9 Å². The summed E-state index contributed by atoms with van der Waals surface area (Å²) in [5, 5.41) is 2.90. The fraction of sp³-hybridized carbons (Fsp3) is 0.500. The van der Waals surface area contributed by atoms with Crippen LogP contribution in [0.25, 0.3) is 0 Å². The van der Waals surface area contributed by atoms with Gasteiger partial charge in [0.15, 0.2) is 0 Å². The highest BCUT2D eigenvalue weighted by atomic mass is 16.5. The van der Waals surface area contributed by atoms with Crippen LogP contribution in [0.1, 0.15) is 27.0 Å². The molecule has 0 fully saturated rings. The fourth-order valence-corrected chi connectivity index (χ4v) is 2.17. The van der Waals surface area contributed by atoms with Crippen molar-refractivity contribution in [2.24, 2.45) is 5.73 Å². The molecular formula is C14H22N2O2. The second-order valence-corrected chi connectivity index (χ2v) is 4.64. The Kier molecular flexibility index (Phi) is 5.31. The Balaban J connectivity index is 2.90. The number of hydrogen-bond acceptors (Lipinski definition) is 3. The van der Waals surface area contributed by atoms with E-state index in [0.717, 1.165) is 22.3 Å². The van der Waals surface area contributed by atoms with Crippen molar-refractivity contribution in [2.45, 2.75) is 26.8 Å². The molecule has 0 spiro atoms. The Labute approximate surface area is 109 Å². The van der Waals surface area contributed by atoms with Gasteiger partial charge in [-0.3, -0.25) is 4.79 Å². The second kappa shape index (κ2) is 6.52. The molecule has 1 aromatic rings. The molecule has 0 aromatic heterocycles. The highest BCUT2D eigenvalue weighted by molar-refractivity contribution is 5.97. The summed E-state index contributed by atoms with van der Waals surface area (Å²) < 4.78 is 5.02. The minimum Gasteiger partial charge on any atom is -0.383 e. The molecular weight excluding hydrogens is 228 g/mol. The molecule has 1 unspecified atom stereocenters. The third-order valence-electron chi connectivity index (χ3n) is 2.89. The third-order valence-corrected chi connectivity index (χ3v) is 2.89. The monoisotopic (exact) mass is 250 g/mol. The van der Waals surface area contributed by atoms with Crippen LogP contribution in [0.5, 0.6) is 0 Å². The smallest absolute Gasteiger partial charge is 0.252 e. The number of carbonyl (C=O) groups excluding carboxylic acids is 1. The standard InChI is InChI=1S/C14H22N2O2/c1-9-5-10(2)13(11(3)6-9)14(17)16-12(7-15)8-18-4/h5-6,12H,7-8,15H2,1-4H3,(H,16,17). The van der Waals surface area contributed by atoms with Crippen molar-refractivity contribution in [3.63, 3.8) is 0 Å². The van der Waals surface area contributed by atoms with Crippen LogP contribution in [0.3, 0.4) is 0 Å². The van der Waals surface area contributed by atoms with Crippen LogP contribution in [0.15, 0.2) is 12.1 Å². The quantitative estimate of drug-likeness (QED) is 0.828. The Bertz CT molecular complexity index is 407. The van der Waals surface area contributed by atoms with Gasteiger partial charge in [-0.25, -0.2) is 0 Å². The van der Waals surface area contributed by atoms with E-state index in [1.165, 1.54) is 0 Å². The largest absolute Gasteiger partial charge is 0.383 e. The minimum absolute atomic E-state index is 0.0856. The fourth-order valence-electron chi connectivity index (χ4n) is 2.17. The van der Waals surface area contributed by atoms with Gasteiger partial charge in [-0.05, 0) is 31.9 Å². The first kappa shape index (κ1) is 14.7. The molecule has 0 saturated carbocycles. The first-order valence-electron chi connectivity index (χ1n) is 6.07. The molecule has 0 aliphatic heterocycles. The predicted octanol–water partition coefficient (Wildman–Crippen LogP) is 1.32. The highest BCUT2D eigenvalue weighted by Crippen LogP contribution is 2.16. The first-order valence-corrected chi connectivity index (χ1v) is 6.07. The average Bonchev–Trinajstić information content (AvgIpc) is 2.26. The lowest BCUT2D eigenvalue weighted by atomic mass is 9.99. The summed E-state index contributed by atoms with van der Waals surface area (Å²) in [6.07, 6.45) is 0. The number of rotatable bonds is 5. The predicted molar refractivity (Wildman–Crippen MR) is 72.8 cm³/mol. The van der Waals surface area contributed by atoms with Gasteiger partial charge in [0.05, 0.1) is 12.6 Å². The Morgan fingerprint density at radius 2 is 1.89 bits per heavy atom. The highest BCUT2D eigenvalue weighted by Gasteiger charge is 2.16. The van der Waals surface area contributed by atoms with Gasteiger partial charge in [0, 0.05) is 19.2 Å². The van der Waals surface area contributed by atoms with Crippen molar-refractivity contribution in [1.29, 1.82) is 0 Å². The average molecular weight is 250 g/mol. The number of nitrogens with two attached hydrogens (primary N) is 1. The Morgan fingerprint density at radius 3 is 2.33 bits per heavy atom. The molecule has 0 bridgehead atoms. The molecule has 0 saturated heterocycles. The Morgan fingerprint density at radius 1 is 1.33 bits per heavy atom. The van der Waals surface area contributed by atoms with Gasteiger partial charge in [-0.15, -0.1) is 0 Å². The molecule has 1 rings (SSSR count). The van der Waals surface area contributed by atoms with E-state index in [1.54, 1.807) is 7.11 Å². The van der Waals surface area contributed by atoms with E-state index < -0.39 is 0 Å². The first-order chi connectivity index (χ1) is 8.49. The lowest BCUT2D eigenvalue weighted by Gasteiger charge is -2.18. The molecule has 0 radical (unpaired) electrons. The number of benzene rings is 1. The number of hydrogen-bond donors (Lipinski definition) is 2. The number of amides is 1. The summed E-state index contributed by atoms with van der Waals surface area (Å²) in [4.78, 5) is 12.2. The van der Waals surface area contributed by atoms with E-state index >= 15 is 0 Å². The van der Waals surface area contributed by atoms with E-state index in [4.69, 9.17) is 10.5 Å². The van der Waals surface area contributed by atoms with Crippen LogP contribution < -0.4 is 11.1 Å². The van der Waals surface area contributed by atoms with E-state index in [-0.39, 0.29) is 11.9 Å². The van der Waals surface area contributed by atoms with Crippen molar-refractivity contribution in [2.75, 3.05) is 20.3 Å². The van der Waals surface area contributed by atoms with Gasteiger partial charge in [0.25, 0.3) is 5.91 Å². The van der Waals surface area contributed by atoms with E-state index in [2.05, 4.69) is 5.32 Å². The number of methoxy groups -OCH3 is 1. The topological polar surface area (TPSA) is 64.3 Å². The van der Waals surface area contributed by atoms with Crippen LogP contribution in [-0.2, 0) is 4.74 Å². The SMILES string of the molecule is COCC(CN)NC(=O)c1c(C)cc(C)cc1C. The van der Waals surface area contributed by atoms with Crippen LogP contribution in [0.4, 0.5) is 0 Å². The van der Waals surface area contributed by atoms with Crippen molar-refractivity contribution < 1.29 is 9.53 Å². The maximum absolute atomic E-state index is 12.2. The maximum Gasteiger partial charge on any atom is 0.252 e. The van der Waals surface area contributed by atoms with Crippen LogP contribution in [0, 0.1) is 20.8 Å². The molecule has 0 heterocycles. The number of nitrogens with one attached hydrogen (secondary N) is 1. The summed E-state index contributed by atoms with van der Waals surface area (Å²) >= 11 is 0.